The summed E-state index contributed by atoms with van der Waals surface area (Å²) in [4.78, 5) is 0. The van der Waals surface area contributed by atoms with E-state index in [1.54, 1.807) is 0 Å². The predicted octanol–water partition coefficient (Wildman–Crippen LogP) is 7.47. The maximum atomic E-state index is 13.0. The summed E-state index contributed by atoms with van der Waals surface area (Å²) < 4.78 is 51.3. The molecule has 0 aliphatic heterocycles. The molecule has 0 aromatic carbocycles. The van der Waals surface area contributed by atoms with Crippen LogP contribution in [0.5, 0.6) is 0 Å². The van der Waals surface area contributed by atoms with Crippen molar-refractivity contribution in [2.75, 3.05) is 49.9 Å². The summed E-state index contributed by atoms with van der Waals surface area (Å²) in [6.45, 7) is 4.54. The zero-order valence-corrected chi connectivity index (χ0v) is 24.0. The van der Waals surface area contributed by atoms with Gasteiger partial charge in [-0.1, -0.05) is 0 Å². The van der Waals surface area contributed by atoms with Gasteiger partial charge in [0, 0.05) is 23.5 Å². The van der Waals surface area contributed by atoms with Crippen LogP contribution < -0.4 is 0 Å². The van der Waals surface area contributed by atoms with E-state index in [1.165, 1.54) is 0 Å². The van der Waals surface area contributed by atoms with E-state index < -0.39 is 37.2 Å². The number of phosphoric ester groups is 2. The monoisotopic (exact) mass is 646 g/mol. The molecule has 0 saturated heterocycles. The second-order valence-electron chi connectivity index (χ2n) is 5.17. The van der Waals surface area contributed by atoms with E-state index in [4.69, 9.17) is 115 Å². The number of halogens is 8. The third-order valence-electron chi connectivity index (χ3n) is 2.52. The third-order valence-corrected chi connectivity index (χ3v) is 9.23. The third kappa shape index (κ3) is 18.3. The Morgan fingerprint density at radius 2 is 0.742 bits per heavy atom. The van der Waals surface area contributed by atoms with Crippen LogP contribution >= 0.6 is 108 Å². The van der Waals surface area contributed by atoms with Gasteiger partial charge in [-0.3, -0.25) is 18.1 Å². The van der Waals surface area contributed by atoms with Crippen LogP contribution in [0, 0.1) is 0 Å². The number of hydrogen-bond acceptors (Lipinski definition) is 7. The summed E-state index contributed by atoms with van der Waals surface area (Å²) >= 11 is 45.7. The van der Waals surface area contributed by atoms with E-state index in [2.05, 4.69) is 13.2 Å². The Morgan fingerprint density at radius 1 is 0.548 bits per heavy atom. The fourth-order valence-corrected chi connectivity index (χ4v) is 5.45. The van der Waals surface area contributed by atoms with Crippen LogP contribution in [-0.4, -0.2) is 71.5 Å². The standard InChI is InChI=1S/C12H20Cl8O7P2.C2H4/c13-1-9(17)5-23-28(21,24-6-10(18)2-14)27-29(22,25-7-11(19)3-15)26-8-12(20)4-16;1-2/h9-12H,1-8H2;1-2H2. The minimum atomic E-state index is -4.56. The summed E-state index contributed by atoms with van der Waals surface area (Å²) in [7, 11) is -9.13. The van der Waals surface area contributed by atoms with Gasteiger partial charge in [0.15, 0.2) is 0 Å². The van der Waals surface area contributed by atoms with Crippen molar-refractivity contribution in [3.05, 3.63) is 13.2 Å². The average Bonchev–Trinajstić information content (AvgIpc) is 2.79. The lowest BCUT2D eigenvalue weighted by Crippen LogP contribution is -2.17. The Bertz CT molecular complexity index is 471. The van der Waals surface area contributed by atoms with Gasteiger partial charge in [0.25, 0.3) is 0 Å². The van der Waals surface area contributed by atoms with Crippen molar-refractivity contribution in [1.29, 1.82) is 0 Å². The molecular formula is C14H24Cl8O7P2. The molecule has 0 N–H and O–H groups in total. The predicted molar refractivity (Wildman–Crippen MR) is 133 cm³/mol. The molecule has 0 aliphatic carbocycles. The Balaban J connectivity index is 0. The van der Waals surface area contributed by atoms with Crippen molar-refractivity contribution in [2.24, 2.45) is 0 Å². The van der Waals surface area contributed by atoms with Crippen molar-refractivity contribution >= 4 is 108 Å². The molecule has 0 radical (unpaired) electrons. The van der Waals surface area contributed by atoms with Gasteiger partial charge < -0.3 is 0 Å². The zero-order chi connectivity index (χ0) is 24.5. The first-order valence-electron chi connectivity index (χ1n) is 8.32. The van der Waals surface area contributed by atoms with Crippen molar-refractivity contribution in [3.63, 3.8) is 0 Å². The highest BCUT2D eigenvalue weighted by atomic mass is 35.5. The van der Waals surface area contributed by atoms with Gasteiger partial charge in [-0.05, 0) is 0 Å². The van der Waals surface area contributed by atoms with Gasteiger partial charge in [-0.15, -0.1) is 106 Å². The topological polar surface area (TPSA) is 80.3 Å². The van der Waals surface area contributed by atoms with E-state index in [9.17, 15) is 9.13 Å². The molecule has 0 heterocycles. The highest BCUT2D eigenvalue weighted by Gasteiger charge is 2.42. The van der Waals surface area contributed by atoms with Crippen LogP contribution in [0.4, 0.5) is 0 Å². The smallest absolute Gasteiger partial charge is 0.285 e. The van der Waals surface area contributed by atoms with Crippen LogP contribution in [0.3, 0.4) is 0 Å². The maximum absolute atomic E-state index is 13.0. The summed E-state index contributed by atoms with van der Waals surface area (Å²) in [6.07, 6.45) is 0. The lowest BCUT2D eigenvalue weighted by molar-refractivity contribution is 0.111. The number of phosphoric acid groups is 2. The molecule has 0 amide bonds. The van der Waals surface area contributed by atoms with E-state index in [0.29, 0.717) is 0 Å². The van der Waals surface area contributed by atoms with E-state index in [0.717, 1.165) is 0 Å². The average molecular weight is 650 g/mol. The van der Waals surface area contributed by atoms with Crippen molar-refractivity contribution in [3.8, 4) is 0 Å². The van der Waals surface area contributed by atoms with Crippen molar-refractivity contribution < 1.29 is 31.5 Å². The molecule has 0 aliphatic rings. The lowest BCUT2D eigenvalue weighted by Gasteiger charge is -2.25. The molecule has 0 fully saturated rings. The molecular weight excluding hydrogens is 626 g/mol. The van der Waals surface area contributed by atoms with Crippen molar-refractivity contribution in [1.82, 2.24) is 0 Å². The van der Waals surface area contributed by atoms with Crippen LogP contribution in [-0.2, 0) is 31.5 Å². The normalized spacial score (nSPS) is 19.2. The van der Waals surface area contributed by atoms with E-state index >= 15 is 0 Å². The molecule has 7 nitrogen and oxygen atoms in total. The largest absolute Gasteiger partial charge is 0.483 e. The van der Waals surface area contributed by atoms with Gasteiger partial charge in [0.1, 0.15) is 0 Å². The molecule has 0 spiro atoms. The number of rotatable bonds is 18. The van der Waals surface area contributed by atoms with Crippen LogP contribution in [0.25, 0.3) is 0 Å². The fraction of sp³-hybridized carbons (Fsp3) is 0.857. The zero-order valence-electron chi connectivity index (χ0n) is 16.2. The SMILES string of the molecule is C=C.O=P(OCC(Cl)CCl)(OCC(Cl)CCl)OP(=O)(OCC(Cl)CCl)OCC(Cl)CCl. The number of hydrogen-bond donors (Lipinski definition) is 0. The first kappa shape index (κ1) is 35.5. The molecule has 0 aromatic rings. The number of alkyl halides is 8. The van der Waals surface area contributed by atoms with Crippen LogP contribution in [0.1, 0.15) is 0 Å². The maximum Gasteiger partial charge on any atom is 0.483 e. The highest BCUT2D eigenvalue weighted by Crippen LogP contribution is 2.66. The summed E-state index contributed by atoms with van der Waals surface area (Å²) in [6, 6.07) is 0. The van der Waals surface area contributed by atoms with E-state index in [1.807, 2.05) is 0 Å². The first-order valence-corrected chi connectivity index (χ1v) is 15.1. The fourth-order valence-electron chi connectivity index (χ4n) is 1.16. The van der Waals surface area contributed by atoms with Gasteiger partial charge >= 0.3 is 15.6 Å². The second-order valence-corrected chi connectivity index (χ2v) is 12.3. The van der Waals surface area contributed by atoms with Crippen LogP contribution in [0.15, 0.2) is 13.2 Å². The Hall–Kier alpha value is 2.32. The van der Waals surface area contributed by atoms with Crippen molar-refractivity contribution in [2.45, 2.75) is 21.5 Å². The molecule has 4 atom stereocenters. The highest BCUT2D eigenvalue weighted by molar-refractivity contribution is 7.62. The Morgan fingerprint density at radius 3 is 0.903 bits per heavy atom. The molecule has 4 unspecified atom stereocenters. The quantitative estimate of drug-likeness (QED) is 0.0866. The minimum Gasteiger partial charge on any atom is -0.285 e. The van der Waals surface area contributed by atoms with Crippen LogP contribution in [0.2, 0.25) is 0 Å². The second kappa shape index (κ2) is 20.5. The molecule has 31 heavy (non-hydrogen) atoms. The molecule has 17 heteroatoms. The Kier molecular flexibility index (Phi) is 23.5. The lowest BCUT2D eigenvalue weighted by atomic mass is 10.5. The minimum absolute atomic E-state index is 0.0284. The summed E-state index contributed by atoms with van der Waals surface area (Å²) in [5.41, 5.74) is 0. The summed E-state index contributed by atoms with van der Waals surface area (Å²) in [5, 5.41) is -2.98. The molecule has 188 valence electrons. The molecule has 0 aromatic heterocycles. The first-order chi connectivity index (χ1) is 14.5. The molecule has 0 bridgehead atoms. The molecule has 0 rings (SSSR count). The molecule has 0 saturated carbocycles. The summed E-state index contributed by atoms with van der Waals surface area (Å²) in [5.74, 6) is -0.114. The van der Waals surface area contributed by atoms with Gasteiger partial charge in [0.2, 0.25) is 0 Å². The van der Waals surface area contributed by atoms with Gasteiger partial charge in [-0.2, -0.15) is 4.31 Å². The van der Waals surface area contributed by atoms with Gasteiger partial charge in [-0.25, -0.2) is 9.13 Å². The van der Waals surface area contributed by atoms with Gasteiger partial charge in [0.05, 0.1) is 47.9 Å². The van der Waals surface area contributed by atoms with E-state index in [-0.39, 0.29) is 49.9 Å². The Labute approximate surface area is 223 Å².